The van der Waals surface area contributed by atoms with Crippen molar-refractivity contribution >= 4 is 23.0 Å². The Kier molecular flexibility index (Phi) is 4.42. The second-order valence-corrected chi connectivity index (χ2v) is 10.6. The third kappa shape index (κ3) is 2.41. The molecule has 0 radical (unpaired) electrons. The molecule has 39 heavy (non-hydrogen) atoms. The second-order valence-electron chi connectivity index (χ2n) is 10.6. The van der Waals surface area contributed by atoms with Crippen LogP contribution in [0.1, 0.15) is 67.4 Å². The summed E-state index contributed by atoms with van der Waals surface area (Å²) in [5, 5.41) is 60.2. The van der Waals surface area contributed by atoms with Crippen molar-refractivity contribution in [3.05, 3.63) is 81.4 Å². The Morgan fingerprint density at radius 2 is 1.38 bits per heavy atom. The number of nitrogens with one attached hydrogen (secondary N) is 1. The van der Waals surface area contributed by atoms with Gasteiger partial charge in [0, 0.05) is 12.7 Å². The highest BCUT2D eigenvalue weighted by Gasteiger charge is 2.75. The Morgan fingerprint density at radius 1 is 0.821 bits per heavy atom. The van der Waals surface area contributed by atoms with E-state index in [1.54, 1.807) is 24.3 Å². The molecule has 1 fully saturated rings. The fourth-order valence-electron chi connectivity index (χ4n) is 7.41. The summed E-state index contributed by atoms with van der Waals surface area (Å²) >= 11 is 0. The molecule has 3 aromatic rings. The highest BCUT2D eigenvalue weighted by Crippen LogP contribution is 2.67. The molecule has 0 saturated heterocycles. The maximum Gasteiger partial charge on any atom is 0.202 e. The lowest BCUT2D eigenvalue weighted by atomic mass is 9.47. The van der Waals surface area contributed by atoms with Crippen LogP contribution in [0.5, 0.6) is 17.2 Å². The Hall–Kier alpha value is -4.25. The SMILES string of the molecule is CO[C@H]1C(=O)[C@H](C)[C@]2(O)[C@H]3Nc4c(cc(O)c5c4C(=O)c4c(O)ccc(O)c4C5=O)[C@]2(O)[C@H]1c1ccccc13. The smallest absolute Gasteiger partial charge is 0.202 e. The van der Waals surface area contributed by atoms with Crippen molar-refractivity contribution < 1.29 is 44.7 Å². The van der Waals surface area contributed by atoms with Gasteiger partial charge < -0.3 is 35.6 Å². The summed E-state index contributed by atoms with van der Waals surface area (Å²) in [6, 6.07) is 9.09. The molecule has 4 bridgehead atoms. The first-order valence-corrected chi connectivity index (χ1v) is 12.4. The number of anilines is 1. The van der Waals surface area contributed by atoms with Crippen LogP contribution < -0.4 is 5.32 Å². The molecule has 6 atom stereocenters. The molecule has 7 rings (SSSR count). The number of phenolic OH excluding ortho intramolecular Hbond substituents is 3. The van der Waals surface area contributed by atoms with Crippen LogP contribution in [-0.4, -0.2) is 61.7 Å². The molecule has 3 aromatic carbocycles. The van der Waals surface area contributed by atoms with E-state index in [0.717, 1.165) is 18.2 Å². The van der Waals surface area contributed by atoms with E-state index in [4.69, 9.17) is 4.74 Å². The maximum absolute atomic E-state index is 13.9. The van der Waals surface area contributed by atoms with Gasteiger partial charge in [0.05, 0.1) is 45.8 Å². The number of carbonyl (C=O) groups is 3. The predicted molar refractivity (Wildman–Crippen MR) is 134 cm³/mol. The topological polar surface area (TPSA) is 174 Å². The standard InChI is InChI=1S/C29H23NO9/c1-10-23(34)26(39-2)21-11-5-3-4-6-12(11)27-28(10,37)29(21,38)13-9-16(33)19-20(22(13)30-27)25(36)18-15(32)8-7-14(31)17(18)24(19)35/h3-10,21,26-27,30-33,37-38H,1-2H3/t10-,21-,26+,27-,28-,29-/m0/s1. The van der Waals surface area contributed by atoms with Gasteiger partial charge in [0.15, 0.2) is 5.78 Å². The third-order valence-corrected chi connectivity index (χ3v) is 9.14. The highest BCUT2D eigenvalue weighted by molar-refractivity contribution is 6.33. The monoisotopic (exact) mass is 529 g/mol. The van der Waals surface area contributed by atoms with Crippen LogP contribution in [0.25, 0.3) is 0 Å². The average molecular weight is 530 g/mol. The minimum absolute atomic E-state index is 0.0253. The third-order valence-electron chi connectivity index (χ3n) is 9.14. The van der Waals surface area contributed by atoms with Crippen LogP contribution >= 0.6 is 0 Å². The molecule has 0 unspecified atom stereocenters. The number of phenols is 3. The number of hydrogen-bond acceptors (Lipinski definition) is 10. The molecule has 0 spiro atoms. The molecule has 0 amide bonds. The first kappa shape index (κ1) is 23.8. The number of carbonyl (C=O) groups excluding carboxylic acids is 3. The molecule has 198 valence electrons. The van der Waals surface area contributed by atoms with Crippen molar-refractivity contribution in [3.8, 4) is 17.2 Å². The average Bonchev–Trinajstić information content (AvgIpc) is 2.91. The Bertz CT molecular complexity index is 1700. The molecular weight excluding hydrogens is 506 g/mol. The molecule has 1 aliphatic heterocycles. The predicted octanol–water partition coefficient (Wildman–Crippen LogP) is 2.00. The summed E-state index contributed by atoms with van der Waals surface area (Å²) in [7, 11) is 1.33. The van der Waals surface area contributed by atoms with Gasteiger partial charge in [-0.25, -0.2) is 0 Å². The number of ether oxygens (including phenoxy) is 1. The molecular formula is C29H23NO9. The van der Waals surface area contributed by atoms with E-state index in [9.17, 15) is 39.9 Å². The van der Waals surface area contributed by atoms with Crippen LogP contribution in [0.4, 0.5) is 5.69 Å². The molecule has 1 heterocycles. The van der Waals surface area contributed by atoms with Crippen molar-refractivity contribution in [3.63, 3.8) is 0 Å². The Morgan fingerprint density at radius 3 is 2.00 bits per heavy atom. The largest absolute Gasteiger partial charge is 0.507 e. The maximum atomic E-state index is 13.9. The number of benzene rings is 3. The van der Waals surface area contributed by atoms with Crippen molar-refractivity contribution in [1.29, 1.82) is 0 Å². The number of fused-ring (bicyclic) bond motifs is 7. The van der Waals surface area contributed by atoms with Gasteiger partial charge in [-0.3, -0.25) is 14.4 Å². The second kappa shape index (κ2) is 7.23. The number of rotatable bonds is 1. The summed E-state index contributed by atoms with van der Waals surface area (Å²) in [6.45, 7) is 1.49. The van der Waals surface area contributed by atoms with E-state index in [1.807, 2.05) is 0 Å². The van der Waals surface area contributed by atoms with Gasteiger partial charge in [-0.1, -0.05) is 31.2 Å². The fraction of sp³-hybridized carbons (Fsp3) is 0.276. The Balaban J connectivity index is 1.60. The zero-order valence-electron chi connectivity index (χ0n) is 20.7. The number of methoxy groups -OCH3 is 1. The van der Waals surface area contributed by atoms with E-state index in [2.05, 4.69) is 5.32 Å². The lowest BCUT2D eigenvalue weighted by Crippen LogP contribution is -2.75. The lowest BCUT2D eigenvalue weighted by Gasteiger charge is -2.65. The van der Waals surface area contributed by atoms with E-state index >= 15 is 0 Å². The minimum Gasteiger partial charge on any atom is -0.507 e. The molecule has 0 aromatic heterocycles. The van der Waals surface area contributed by atoms with Gasteiger partial charge in [-0.2, -0.15) is 0 Å². The van der Waals surface area contributed by atoms with Gasteiger partial charge in [0.2, 0.25) is 11.6 Å². The molecule has 10 nitrogen and oxygen atoms in total. The van der Waals surface area contributed by atoms with Gasteiger partial charge >= 0.3 is 0 Å². The van der Waals surface area contributed by atoms with Gasteiger partial charge in [-0.05, 0) is 29.3 Å². The number of ketones is 3. The van der Waals surface area contributed by atoms with E-state index in [1.165, 1.54) is 14.0 Å². The molecule has 10 heteroatoms. The van der Waals surface area contributed by atoms with Crippen molar-refractivity contribution in [2.75, 3.05) is 12.4 Å². The van der Waals surface area contributed by atoms with Crippen molar-refractivity contribution in [2.24, 2.45) is 5.92 Å². The highest BCUT2D eigenvalue weighted by atomic mass is 16.5. The van der Waals surface area contributed by atoms with Crippen LogP contribution in [-0.2, 0) is 15.1 Å². The molecule has 1 saturated carbocycles. The van der Waals surface area contributed by atoms with Gasteiger partial charge in [-0.15, -0.1) is 0 Å². The normalized spacial score (nSPS) is 31.5. The summed E-state index contributed by atoms with van der Waals surface area (Å²) < 4.78 is 5.60. The number of Topliss-reactive ketones (excluding diaryl/α,β-unsaturated/α-hetero) is 1. The minimum atomic E-state index is -2.25. The first-order chi connectivity index (χ1) is 18.5. The Labute approximate surface area is 221 Å². The van der Waals surface area contributed by atoms with E-state index in [-0.39, 0.29) is 16.8 Å². The number of aliphatic hydroxyl groups is 2. The van der Waals surface area contributed by atoms with Crippen LogP contribution in [0, 0.1) is 5.92 Å². The molecule has 4 aliphatic rings. The summed E-state index contributed by atoms with van der Waals surface area (Å²) in [4.78, 5) is 40.9. The summed E-state index contributed by atoms with van der Waals surface area (Å²) in [5.74, 6) is -6.19. The van der Waals surface area contributed by atoms with Crippen molar-refractivity contribution in [1.82, 2.24) is 0 Å². The van der Waals surface area contributed by atoms with Gasteiger partial charge in [0.1, 0.15) is 34.6 Å². The summed E-state index contributed by atoms with van der Waals surface area (Å²) in [5.41, 5.74) is -5.01. The van der Waals surface area contributed by atoms with Crippen LogP contribution in [0.2, 0.25) is 0 Å². The lowest BCUT2D eigenvalue weighted by molar-refractivity contribution is -0.248. The molecule has 6 N–H and O–H groups in total. The van der Waals surface area contributed by atoms with Crippen LogP contribution in [0.15, 0.2) is 42.5 Å². The zero-order chi connectivity index (χ0) is 27.8. The number of hydrogen-bond donors (Lipinski definition) is 6. The quantitative estimate of drug-likeness (QED) is 0.200. The first-order valence-electron chi connectivity index (χ1n) is 12.4. The number of aromatic hydroxyl groups is 3. The van der Waals surface area contributed by atoms with E-state index < -0.39 is 86.5 Å². The van der Waals surface area contributed by atoms with Crippen molar-refractivity contribution in [2.45, 2.75) is 36.2 Å². The van der Waals surface area contributed by atoms with Crippen LogP contribution in [0.3, 0.4) is 0 Å². The van der Waals surface area contributed by atoms with E-state index in [0.29, 0.717) is 11.1 Å². The summed E-state index contributed by atoms with van der Waals surface area (Å²) in [6.07, 6.45) is -1.17. The fourth-order valence-corrected chi connectivity index (χ4v) is 7.41. The van der Waals surface area contributed by atoms with Gasteiger partial charge in [0.25, 0.3) is 0 Å². The zero-order valence-corrected chi connectivity index (χ0v) is 20.7. The molecule has 3 aliphatic carbocycles.